The summed E-state index contributed by atoms with van der Waals surface area (Å²) in [5.74, 6) is 2.48. The third-order valence-corrected chi connectivity index (χ3v) is 5.78. The van der Waals surface area contributed by atoms with Crippen molar-refractivity contribution in [1.29, 1.82) is 0 Å². The van der Waals surface area contributed by atoms with Gasteiger partial charge in [-0.1, -0.05) is 20.8 Å². The molecule has 1 saturated heterocycles. The quantitative estimate of drug-likeness (QED) is 0.268. The lowest BCUT2D eigenvalue weighted by molar-refractivity contribution is -0.0288. The molecule has 11 heteroatoms. The summed E-state index contributed by atoms with van der Waals surface area (Å²) in [6, 6.07) is 0. The minimum atomic E-state index is -1.10. The van der Waals surface area contributed by atoms with Crippen LogP contribution in [-0.4, -0.2) is 65.8 Å². The Kier molecular flexibility index (Phi) is 7.28. The van der Waals surface area contributed by atoms with E-state index in [9.17, 15) is 10.2 Å². The molecule has 0 aromatic carbocycles. The summed E-state index contributed by atoms with van der Waals surface area (Å²) in [6.45, 7) is 6.29. The number of ether oxygens (including phenoxy) is 1. The molecule has 1 aliphatic rings. The van der Waals surface area contributed by atoms with E-state index in [-0.39, 0.29) is 11.8 Å². The summed E-state index contributed by atoms with van der Waals surface area (Å²) in [5.41, 5.74) is 9.59. The fourth-order valence-electron chi connectivity index (χ4n) is 2.98. The number of nitrogen functional groups attached to an aromatic ring is 1. The lowest BCUT2D eigenvalue weighted by atomic mass is 10.1. The van der Waals surface area contributed by atoms with Gasteiger partial charge in [0, 0.05) is 12.0 Å². The zero-order valence-electron chi connectivity index (χ0n) is 16.9. The van der Waals surface area contributed by atoms with E-state index in [0.717, 1.165) is 18.6 Å². The van der Waals surface area contributed by atoms with Gasteiger partial charge in [-0.3, -0.25) is 4.57 Å². The smallest absolute Gasteiger partial charge is 0.247 e. The van der Waals surface area contributed by atoms with Crippen LogP contribution in [0.5, 0.6) is 0 Å². The molecule has 29 heavy (non-hydrogen) atoms. The zero-order chi connectivity index (χ0) is 21.0. The van der Waals surface area contributed by atoms with Crippen molar-refractivity contribution in [3.8, 4) is 0 Å². The van der Waals surface area contributed by atoms with Crippen molar-refractivity contribution >= 4 is 40.9 Å². The highest BCUT2D eigenvalue weighted by atomic mass is 32.2. The number of anilines is 2. The number of hydrogen-bond donors (Lipinski definition) is 4. The van der Waals surface area contributed by atoms with Gasteiger partial charge < -0.3 is 20.7 Å². The van der Waals surface area contributed by atoms with Crippen molar-refractivity contribution in [2.45, 2.75) is 58.2 Å². The fraction of sp³-hybridized carbons (Fsp3) is 0.667. The first-order chi connectivity index (χ1) is 13.9. The number of aliphatic hydroxyl groups excluding tert-OH is 2. The fourth-order valence-corrected chi connectivity index (χ4v) is 3.95. The summed E-state index contributed by atoms with van der Waals surface area (Å²) in [7, 11) is 0. The molecule has 0 amide bonds. The normalized spacial score (nSPS) is 24.9. The van der Waals surface area contributed by atoms with Crippen molar-refractivity contribution in [3.63, 3.8) is 0 Å². The van der Waals surface area contributed by atoms with Crippen molar-refractivity contribution in [1.82, 2.24) is 19.5 Å². The number of rotatable bonds is 9. The first-order valence-electron chi connectivity index (χ1n) is 9.79. The average molecular weight is 424 g/mol. The Labute approximate surface area is 174 Å². The second-order valence-corrected chi connectivity index (χ2v) is 8.58. The Morgan fingerprint density at radius 3 is 2.90 bits per heavy atom. The van der Waals surface area contributed by atoms with Crippen LogP contribution in [0, 0.1) is 5.92 Å². The van der Waals surface area contributed by atoms with Gasteiger partial charge in [0.05, 0.1) is 12.4 Å². The molecule has 0 aliphatic carbocycles. The highest BCUT2D eigenvalue weighted by Crippen LogP contribution is 2.33. The molecular formula is C18H29N7O3S. The molecular weight excluding hydrogens is 394 g/mol. The lowest BCUT2D eigenvalue weighted by Gasteiger charge is -2.16. The third kappa shape index (κ3) is 4.97. The number of aromatic nitrogens is 4. The van der Waals surface area contributed by atoms with Gasteiger partial charge in [-0.2, -0.15) is 26.8 Å². The standard InChI is InChI=1S/C18H29N7O3S/c1-4-7-29-8-11-13(26)14(27)17(28-11)25-9-20-12-15(19)22-18(23-16(12)25)24-21-6-5-10(2)3/h6,9-11,13-14,17,26-27H,4-5,7-8H2,1-3H3,(H3,19,22,23,24)/b21-6+/t11-,13-,14-,17-/m1/s1. The molecule has 2 aromatic heterocycles. The summed E-state index contributed by atoms with van der Waals surface area (Å²) in [4.78, 5) is 12.8. The van der Waals surface area contributed by atoms with Gasteiger partial charge in [-0.15, -0.1) is 0 Å². The molecule has 1 fully saturated rings. The van der Waals surface area contributed by atoms with Gasteiger partial charge in [0.2, 0.25) is 5.95 Å². The lowest BCUT2D eigenvalue weighted by Crippen LogP contribution is -2.32. The predicted molar refractivity (Wildman–Crippen MR) is 115 cm³/mol. The summed E-state index contributed by atoms with van der Waals surface area (Å²) >= 11 is 1.68. The molecule has 0 radical (unpaired) electrons. The van der Waals surface area contributed by atoms with Crippen LogP contribution in [0.25, 0.3) is 11.2 Å². The van der Waals surface area contributed by atoms with E-state index >= 15 is 0 Å². The zero-order valence-corrected chi connectivity index (χ0v) is 17.7. The predicted octanol–water partition coefficient (Wildman–Crippen LogP) is 1.61. The SMILES string of the molecule is CCCSC[C@H]1O[C@@H](n2cnc3c(N)nc(N/N=C/CC(C)C)nc32)[C@H](O)[C@@H]1O. The van der Waals surface area contributed by atoms with Gasteiger partial charge in [0.15, 0.2) is 17.7 Å². The Balaban J connectivity index is 1.81. The second-order valence-electron chi connectivity index (χ2n) is 7.43. The van der Waals surface area contributed by atoms with E-state index in [0.29, 0.717) is 22.8 Å². The molecule has 0 spiro atoms. The Bertz CT molecular complexity index is 844. The highest BCUT2D eigenvalue weighted by Gasteiger charge is 2.44. The van der Waals surface area contributed by atoms with Gasteiger partial charge in [-0.05, 0) is 24.5 Å². The highest BCUT2D eigenvalue weighted by molar-refractivity contribution is 7.99. The van der Waals surface area contributed by atoms with Crippen molar-refractivity contribution < 1.29 is 14.9 Å². The number of hydrogen-bond acceptors (Lipinski definition) is 10. The molecule has 10 nitrogen and oxygen atoms in total. The first-order valence-corrected chi connectivity index (χ1v) is 10.9. The van der Waals surface area contributed by atoms with E-state index in [4.69, 9.17) is 10.5 Å². The number of aliphatic hydroxyl groups is 2. The molecule has 4 atom stereocenters. The van der Waals surface area contributed by atoms with Crippen LogP contribution in [0.4, 0.5) is 11.8 Å². The Hall–Kier alpha value is -1.95. The number of imidazole rings is 1. The summed E-state index contributed by atoms with van der Waals surface area (Å²) < 4.78 is 7.52. The van der Waals surface area contributed by atoms with E-state index in [2.05, 4.69) is 46.3 Å². The summed E-state index contributed by atoms with van der Waals surface area (Å²) in [5, 5.41) is 25.0. The van der Waals surface area contributed by atoms with Crippen LogP contribution in [0.3, 0.4) is 0 Å². The molecule has 2 aromatic rings. The topological polar surface area (TPSA) is 144 Å². The van der Waals surface area contributed by atoms with Gasteiger partial charge in [0.1, 0.15) is 17.7 Å². The number of fused-ring (bicyclic) bond motifs is 1. The monoisotopic (exact) mass is 423 g/mol. The van der Waals surface area contributed by atoms with Crippen LogP contribution in [0.15, 0.2) is 11.4 Å². The molecule has 0 saturated carbocycles. The third-order valence-electron chi connectivity index (χ3n) is 4.52. The number of nitrogens with one attached hydrogen (secondary N) is 1. The minimum absolute atomic E-state index is 0.193. The van der Waals surface area contributed by atoms with Crippen LogP contribution in [0.1, 0.15) is 39.8 Å². The van der Waals surface area contributed by atoms with Crippen molar-refractivity contribution in [2.24, 2.45) is 11.0 Å². The minimum Gasteiger partial charge on any atom is -0.387 e. The number of thioether (sulfide) groups is 1. The first kappa shape index (κ1) is 21.8. The van der Waals surface area contributed by atoms with Gasteiger partial charge in [-0.25, -0.2) is 10.4 Å². The molecule has 3 heterocycles. The van der Waals surface area contributed by atoms with Crippen LogP contribution in [0.2, 0.25) is 0 Å². The van der Waals surface area contributed by atoms with Crippen molar-refractivity contribution in [2.75, 3.05) is 22.7 Å². The van der Waals surface area contributed by atoms with Crippen LogP contribution >= 0.6 is 11.8 Å². The molecule has 3 rings (SSSR count). The summed E-state index contributed by atoms with van der Waals surface area (Å²) in [6.07, 6.45) is 1.73. The van der Waals surface area contributed by atoms with Crippen molar-refractivity contribution in [3.05, 3.63) is 6.33 Å². The van der Waals surface area contributed by atoms with E-state index in [1.807, 2.05) is 0 Å². The van der Waals surface area contributed by atoms with E-state index in [1.54, 1.807) is 22.5 Å². The second kappa shape index (κ2) is 9.70. The number of hydrazone groups is 1. The van der Waals surface area contributed by atoms with Crippen LogP contribution in [-0.2, 0) is 4.74 Å². The average Bonchev–Trinajstić information content (AvgIpc) is 3.22. The Morgan fingerprint density at radius 1 is 1.38 bits per heavy atom. The van der Waals surface area contributed by atoms with Crippen LogP contribution < -0.4 is 11.2 Å². The maximum absolute atomic E-state index is 10.5. The van der Waals surface area contributed by atoms with E-state index in [1.165, 1.54) is 6.33 Å². The maximum Gasteiger partial charge on any atom is 0.247 e. The van der Waals surface area contributed by atoms with Gasteiger partial charge in [0.25, 0.3) is 0 Å². The molecule has 5 N–H and O–H groups in total. The maximum atomic E-state index is 10.5. The van der Waals surface area contributed by atoms with Gasteiger partial charge >= 0.3 is 0 Å². The largest absolute Gasteiger partial charge is 0.387 e. The molecule has 160 valence electrons. The van der Waals surface area contributed by atoms with E-state index < -0.39 is 24.5 Å². The Morgan fingerprint density at radius 2 is 2.17 bits per heavy atom. The number of nitrogens with zero attached hydrogens (tertiary/aromatic N) is 5. The molecule has 0 bridgehead atoms. The number of nitrogens with two attached hydrogens (primary N) is 1. The molecule has 0 unspecified atom stereocenters. The molecule has 1 aliphatic heterocycles.